The van der Waals surface area contributed by atoms with Gasteiger partial charge >= 0.3 is 5.97 Å². The third-order valence-corrected chi connectivity index (χ3v) is 3.53. The summed E-state index contributed by atoms with van der Waals surface area (Å²) in [5, 5.41) is 3.36. The average Bonchev–Trinajstić information content (AvgIpc) is 2.55. The zero-order chi connectivity index (χ0) is 11.3. The Kier molecular flexibility index (Phi) is 2.16. The van der Waals surface area contributed by atoms with Crippen LogP contribution in [0.1, 0.15) is 47.0 Å². The Labute approximate surface area is 91.6 Å². The van der Waals surface area contributed by atoms with E-state index in [0.717, 1.165) is 25.8 Å². The summed E-state index contributed by atoms with van der Waals surface area (Å²) in [6.07, 6.45) is 3.01. The van der Waals surface area contributed by atoms with Crippen LogP contribution >= 0.6 is 0 Å². The van der Waals surface area contributed by atoms with Crippen LogP contribution in [0.3, 0.4) is 0 Å². The van der Waals surface area contributed by atoms with Crippen molar-refractivity contribution in [3.63, 3.8) is 0 Å². The second-order valence-corrected chi connectivity index (χ2v) is 6.42. The number of hydrogen-bond acceptors (Lipinski definition) is 3. The maximum atomic E-state index is 12.1. The van der Waals surface area contributed by atoms with Crippen molar-refractivity contribution < 1.29 is 9.53 Å². The number of carbonyl (C=O) groups excluding carboxylic acids is 1. The molecule has 0 aromatic rings. The van der Waals surface area contributed by atoms with Crippen molar-refractivity contribution in [1.82, 2.24) is 5.32 Å². The summed E-state index contributed by atoms with van der Waals surface area (Å²) in [6, 6.07) is 0. The van der Waals surface area contributed by atoms with Gasteiger partial charge in [-0.05, 0) is 45.4 Å². The Bertz CT molecular complexity index is 282. The number of ether oxygens (including phenoxy) is 1. The molecule has 1 saturated heterocycles. The molecule has 2 bridgehead atoms. The molecule has 1 N–H and O–H groups in total. The van der Waals surface area contributed by atoms with E-state index < -0.39 is 0 Å². The minimum Gasteiger partial charge on any atom is -0.459 e. The minimum atomic E-state index is -0.380. The van der Waals surface area contributed by atoms with Crippen molar-refractivity contribution in [1.29, 1.82) is 0 Å². The Balaban J connectivity index is 2.09. The Morgan fingerprint density at radius 3 is 2.33 bits per heavy atom. The first kappa shape index (κ1) is 10.9. The lowest BCUT2D eigenvalue weighted by molar-refractivity contribution is -0.162. The number of fused-ring (bicyclic) bond motifs is 2. The summed E-state index contributed by atoms with van der Waals surface area (Å²) < 4.78 is 5.49. The van der Waals surface area contributed by atoms with Crippen molar-refractivity contribution in [2.24, 2.45) is 5.41 Å². The van der Waals surface area contributed by atoms with E-state index in [1.54, 1.807) is 0 Å². The van der Waals surface area contributed by atoms with Crippen molar-refractivity contribution >= 4 is 5.97 Å². The molecule has 86 valence electrons. The van der Waals surface area contributed by atoms with Crippen LogP contribution in [0.15, 0.2) is 0 Å². The van der Waals surface area contributed by atoms with Crippen LogP contribution in [0.5, 0.6) is 0 Å². The van der Waals surface area contributed by atoms with E-state index in [9.17, 15) is 4.79 Å². The summed E-state index contributed by atoms with van der Waals surface area (Å²) in [5.74, 6) is -0.0591. The number of rotatable bonds is 1. The molecule has 0 radical (unpaired) electrons. The second-order valence-electron chi connectivity index (χ2n) is 6.42. The summed E-state index contributed by atoms with van der Waals surface area (Å²) in [6.45, 7) is 8.96. The molecule has 1 aliphatic heterocycles. The van der Waals surface area contributed by atoms with Crippen LogP contribution in [0.2, 0.25) is 0 Å². The fraction of sp³-hybridized carbons (Fsp3) is 0.917. The van der Waals surface area contributed by atoms with Crippen LogP contribution < -0.4 is 5.32 Å². The van der Waals surface area contributed by atoms with E-state index in [-0.39, 0.29) is 17.1 Å². The molecule has 3 nitrogen and oxygen atoms in total. The van der Waals surface area contributed by atoms with Crippen LogP contribution in [0.25, 0.3) is 0 Å². The summed E-state index contributed by atoms with van der Waals surface area (Å²) in [4.78, 5) is 12.1. The highest BCUT2D eigenvalue weighted by molar-refractivity contribution is 5.82. The molecule has 15 heavy (non-hydrogen) atoms. The lowest BCUT2D eigenvalue weighted by Gasteiger charge is -2.30. The molecule has 2 aliphatic rings. The smallest absolute Gasteiger partial charge is 0.326 e. The van der Waals surface area contributed by atoms with E-state index in [2.05, 4.69) is 12.2 Å². The van der Waals surface area contributed by atoms with Gasteiger partial charge in [-0.15, -0.1) is 0 Å². The highest BCUT2D eigenvalue weighted by atomic mass is 16.6. The van der Waals surface area contributed by atoms with E-state index in [4.69, 9.17) is 4.74 Å². The van der Waals surface area contributed by atoms with E-state index in [1.807, 2.05) is 20.8 Å². The standard InChI is InChI=1S/C12H21NO2/c1-10(2,3)15-9(14)12-6-5-11(4,7-12)8-13-12/h13H,5-8H2,1-4H3. The Hall–Kier alpha value is -0.570. The van der Waals surface area contributed by atoms with Crippen LogP contribution in [0, 0.1) is 5.41 Å². The van der Waals surface area contributed by atoms with Gasteiger partial charge in [-0.25, -0.2) is 0 Å². The molecule has 1 saturated carbocycles. The Morgan fingerprint density at radius 1 is 1.33 bits per heavy atom. The molecule has 3 heteroatoms. The molecule has 0 aromatic carbocycles. The molecule has 0 aromatic heterocycles. The first-order valence-corrected chi connectivity index (χ1v) is 5.73. The number of carbonyl (C=O) groups is 1. The minimum absolute atomic E-state index is 0.0591. The number of piperidine rings is 1. The van der Waals surface area contributed by atoms with E-state index in [0.29, 0.717) is 5.41 Å². The van der Waals surface area contributed by atoms with Gasteiger partial charge in [0.05, 0.1) is 0 Å². The van der Waals surface area contributed by atoms with Gasteiger partial charge in [0.25, 0.3) is 0 Å². The quantitative estimate of drug-likeness (QED) is 0.673. The fourth-order valence-electron chi connectivity index (χ4n) is 2.73. The first-order valence-electron chi connectivity index (χ1n) is 5.73. The number of esters is 1. The summed E-state index contributed by atoms with van der Waals surface area (Å²) in [5.41, 5.74) is -0.436. The molecule has 0 spiro atoms. The number of hydrogen-bond donors (Lipinski definition) is 1. The SMILES string of the molecule is CC12CCC(C(=O)OC(C)(C)C)(C1)NC2. The average molecular weight is 211 g/mol. The van der Waals surface area contributed by atoms with Crippen molar-refractivity contribution in [2.75, 3.05) is 6.54 Å². The van der Waals surface area contributed by atoms with Gasteiger partial charge in [-0.2, -0.15) is 0 Å². The lowest BCUT2D eigenvalue weighted by Crippen LogP contribution is -2.50. The molecule has 2 rings (SSSR count). The first-order chi connectivity index (χ1) is 6.75. The lowest BCUT2D eigenvalue weighted by atomic mass is 9.90. The van der Waals surface area contributed by atoms with Gasteiger partial charge in [-0.3, -0.25) is 4.79 Å². The summed E-state index contributed by atoms with van der Waals surface area (Å²) >= 11 is 0. The largest absolute Gasteiger partial charge is 0.459 e. The van der Waals surface area contributed by atoms with Gasteiger partial charge in [-0.1, -0.05) is 6.92 Å². The fourth-order valence-corrected chi connectivity index (χ4v) is 2.73. The number of nitrogens with one attached hydrogen (secondary N) is 1. The molecular formula is C12H21NO2. The van der Waals surface area contributed by atoms with Gasteiger partial charge in [0.15, 0.2) is 0 Å². The van der Waals surface area contributed by atoms with Gasteiger partial charge in [0, 0.05) is 6.54 Å². The van der Waals surface area contributed by atoms with Crippen molar-refractivity contribution in [2.45, 2.75) is 58.1 Å². The van der Waals surface area contributed by atoms with Crippen LogP contribution in [-0.4, -0.2) is 23.7 Å². The third-order valence-electron chi connectivity index (χ3n) is 3.53. The zero-order valence-electron chi connectivity index (χ0n) is 10.1. The third kappa shape index (κ3) is 1.89. The predicted molar refractivity (Wildman–Crippen MR) is 58.5 cm³/mol. The zero-order valence-corrected chi connectivity index (χ0v) is 10.1. The van der Waals surface area contributed by atoms with Crippen LogP contribution in [-0.2, 0) is 9.53 Å². The molecule has 2 atom stereocenters. The molecule has 2 unspecified atom stereocenters. The predicted octanol–water partition coefficient (Wildman–Crippen LogP) is 1.86. The molecule has 2 fully saturated rings. The summed E-state index contributed by atoms with van der Waals surface area (Å²) in [7, 11) is 0. The van der Waals surface area contributed by atoms with E-state index in [1.165, 1.54) is 0 Å². The van der Waals surface area contributed by atoms with Gasteiger partial charge in [0.1, 0.15) is 11.1 Å². The van der Waals surface area contributed by atoms with Crippen molar-refractivity contribution in [3.8, 4) is 0 Å². The van der Waals surface area contributed by atoms with E-state index >= 15 is 0 Å². The Morgan fingerprint density at radius 2 is 2.00 bits per heavy atom. The maximum Gasteiger partial charge on any atom is 0.326 e. The highest BCUT2D eigenvalue weighted by Crippen LogP contribution is 2.49. The molecule has 1 heterocycles. The van der Waals surface area contributed by atoms with Gasteiger partial charge in [0.2, 0.25) is 0 Å². The highest BCUT2D eigenvalue weighted by Gasteiger charge is 2.57. The maximum absolute atomic E-state index is 12.1. The van der Waals surface area contributed by atoms with Crippen LogP contribution in [0.4, 0.5) is 0 Å². The molecule has 0 amide bonds. The molecular weight excluding hydrogens is 190 g/mol. The second kappa shape index (κ2) is 2.97. The molecule has 1 aliphatic carbocycles. The van der Waals surface area contributed by atoms with Gasteiger partial charge < -0.3 is 10.1 Å². The monoisotopic (exact) mass is 211 g/mol. The van der Waals surface area contributed by atoms with Crippen molar-refractivity contribution in [3.05, 3.63) is 0 Å². The normalized spacial score (nSPS) is 39.5. The topological polar surface area (TPSA) is 38.3 Å².